The highest BCUT2D eigenvalue weighted by Gasteiger charge is 2.63. The molecule has 28 heteroatoms. The number of fused-ring (bicyclic) bond motifs is 2. The molecule has 0 bridgehead atoms. The van der Waals surface area contributed by atoms with Crippen LogP contribution in [0.25, 0.3) is 21.5 Å². The van der Waals surface area contributed by atoms with Crippen LogP contribution >= 0.6 is 24.8 Å². The fraction of sp³-hybridized carbons (Fsp3) is 0.605. The van der Waals surface area contributed by atoms with Gasteiger partial charge in [-0.2, -0.15) is 0 Å². The molecule has 4 amide bonds. The lowest BCUT2D eigenvalue weighted by atomic mass is 9.75. The number of hydrogen-bond donors (Lipinski definition) is 3. The van der Waals surface area contributed by atoms with Crippen molar-refractivity contribution in [2.45, 2.75) is 218 Å². The number of halogens is 2. The molecule has 4 aliphatic carbocycles. The van der Waals surface area contributed by atoms with E-state index in [-0.39, 0.29) is 92.7 Å². The highest BCUT2D eigenvalue weighted by Crippen LogP contribution is 2.48. The first-order valence-electron chi connectivity index (χ1n) is 35.1. The molecule has 24 nitrogen and oxygen atoms in total. The molecule has 10 atom stereocenters. The Kier molecular flexibility index (Phi) is 27.7. The van der Waals surface area contributed by atoms with Crippen molar-refractivity contribution in [2.75, 3.05) is 38.8 Å². The van der Waals surface area contributed by atoms with Gasteiger partial charge >= 0.3 is 0 Å². The Balaban J connectivity index is 0.000000296. The Bertz CT molecular complexity index is 4150. The summed E-state index contributed by atoms with van der Waals surface area (Å²) in [6, 6.07) is 11.7. The second kappa shape index (κ2) is 33.6. The first kappa shape index (κ1) is 85.6. The van der Waals surface area contributed by atoms with Gasteiger partial charge in [-0.15, -0.1) is 38.0 Å². The van der Waals surface area contributed by atoms with Crippen molar-refractivity contribution in [2.24, 2.45) is 44.7 Å². The molecule has 0 unspecified atom stereocenters. The Morgan fingerprint density at radius 3 is 1.36 bits per heavy atom. The van der Waals surface area contributed by atoms with E-state index in [4.69, 9.17) is 24.7 Å². The summed E-state index contributed by atoms with van der Waals surface area (Å²) < 4.78 is 75.1. The summed E-state index contributed by atoms with van der Waals surface area (Å²) in [7, 11) is -4.11. The molecule has 4 N–H and O–H groups in total. The Morgan fingerprint density at radius 2 is 1.05 bits per heavy atom. The number of ketones is 3. The molecule has 6 fully saturated rings. The minimum Gasteiger partial charge on any atom is -0.497 e. The number of rotatable bonds is 25. The van der Waals surface area contributed by atoms with Crippen molar-refractivity contribution in [3.8, 4) is 23.3 Å². The third-order valence-corrected chi connectivity index (χ3v) is 24.6. The molecule has 0 radical (unpaired) electrons. The minimum atomic E-state index is -3.66. The van der Waals surface area contributed by atoms with Crippen molar-refractivity contribution in [1.82, 2.24) is 30.4 Å². The second-order valence-electron chi connectivity index (χ2n) is 32.6. The van der Waals surface area contributed by atoms with E-state index < -0.39 is 141 Å². The maximum atomic E-state index is 14.6. The first-order chi connectivity index (χ1) is 47.5. The maximum Gasteiger partial charge on any atom is 0.243 e. The summed E-state index contributed by atoms with van der Waals surface area (Å²) in [6.07, 6.45) is 11.4. The Labute approximate surface area is 624 Å². The molecule has 2 aliphatic heterocycles. The lowest BCUT2D eigenvalue weighted by Gasteiger charge is -2.35. The third kappa shape index (κ3) is 20.4. The van der Waals surface area contributed by atoms with Gasteiger partial charge in [0.05, 0.1) is 49.4 Å². The molecule has 2 aromatic carbocycles. The van der Waals surface area contributed by atoms with Crippen molar-refractivity contribution in [1.29, 1.82) is 0 Å². The zero-order chi connectivity index (χ0) is 75.5. The van der Waals surface area contributed by atoms with Gasteiger partial charge in [0.15, 0.2) is 31.2 Å². The number of pyridine rings is 2. The number of carbonyl (C=O) groups is 7. The number of carbonyl (C=O) groups excluding carboxylic acids is 8. The number of isocyanates is 1. The summed E-state index contributed by atoms with van der Waals surface area (Å²) in [5.74, 6) is -3.84. The number of nitrogens with two attached hydrogens (primary N) is 1. The van der Waals surface area contributed by atoms with Crippen LogP contribution < -0.4 is 35.3 Å². The largest absolute Gasteiger partial charge is 0.497 e. The van der Waals surface area contributed by atoms with Gasteiger partial charge in [-0.3, -0.25) is 33.6 Å². The summed E-state index contributed by atoms with van der Waals surface area (Å²) in [5.41, 5.74) is 1.88. The molecule has 104 heavy (non-hydrogen) atoms. The van der Waals surface area contributed by atoms with Crippen LogP contribution in [0.4, 0.5) is 0 Å². The number of sulfone groups is 2. The number of amides is 4. The van der Waals surface area contributed by atoms with Crippen molar-refractivity contribution >= 4 is 113 Å². The van der Waals surface area contributed by atoms with Crippen molar-refractivity contribution in [3.63, 3.8) is 0 Å². The SMILES string of the molecule is C=C[C@@H]1C[C@]1(NC(=O)[C@@H]1C[C@@H](Oc2nccc3cc(OC)ccc23)CN1C(=O)[C@@H](CC(=O)CC(C)(C)C)C(C)(C)C)C(=O)CS(=O)(=O)C1CCC1.C=C[C@@H]1C[C@]1(NC(=O)[C@@H]1C[C@@H](Oc2nccc3cc(OC)ccc23)CN1C(=O)[C@@H](N)C(C)(C)C)C(=O)CS(=O)(=O)C1CCC1.CC(C)(C)N=C=O.Cl.Cl. The van der Waals surface area contributed by atoms with Gasteiger partial charge in [-0.1, -0.05) is 87.3 Å². The minimum absolute atomic E-state index is 0. The number of benzene rings is 2. The van der Waals surface area contributed by atoms with E-state index in [1.807, 2.05) is 119 Å². The van der Waals surface area contributed by atoms with E-state index in [0.29, 0.717) is 55.4 Å². The number of hydrogen-bond acceptors (Lipinski definition) is 20. The summed E-state index contributed by atoms with van der Waals surface area (Å²) >= 11 is 0. The van der Waals surface area contributed by atoms with E-state index in [0.717, 1.165) is 34.4 Å². The van der Waals surface area contributed by atoms with E-state index in [1.54, 1.807) is 50.9 Å². The number of aromatic nitrogens is 2. The quantitative estimate of drug-likeness (QED) is 0.0315. The van der Waals surface area contributed by atoms with Gasteiger partial charge < -0.3 is 45.1 Å². The summed E-state index contributed by atoms with van der Waals surface area (Å²) in [4.78, 5) is 122. The van der Waals surface area contributed by atoms with Gasteiger partial charge in [0.25, 0.3) is 0 Å². The van der Waals surface area contributed by atoms with E-state index in [2.05, 4.69) is 38.8 Å². The molecular formula is C76H106Cl2N8O16S2. The van der Waals surface area contributed by atoms with Crippen LogP contribution in [0, 0.1) is 34.0 Å². The Hall–Kier alpha value is -7.35. The molecule has 2 aromatic heterocycles. The fourth-order valence-electron chi connectivity index (χ4n) is 13.4. The van der Waals surface area contributed by atoms with Gasteiger partial charge in [0.2, 0.25) is 41.5 Å². The summed E-state index contributed by atoms with van der Waals surface area (Å²) in [6.45, 7) is 30.4. The van der Waals surface area contributed by atoms with Gasteiger partial charge in [0, 0.05) is 66.6 Å². The molecule has 4 saturated carbocycles. The lowest BCUT2D eigenvalue weighted by Crippen LogP contribution is -2.57. The van der Waals surface area contributed by atoms with Crippen LogP contribution in [0.1, 0.15) is 160 Å². The molecule has 6 aliphatic rings. The highest BCUT2D eigenvalue weighted by molar-refractivity contribution is 7.93. The van der Waals surface area contributed by atoms with Crippen LogP contribution in [-0.4, -0.2) is 180 Å². The third-order valence-electron chi connectivity index (χ3n) is 20.3. The van der Waals surface area contributed by atoms with Gasteiger partial charge in [-0.05, 0) is 135 Å². The number of nitrogens with one attached hydrogen (secondary N) is 2. The van der Waals surface area contributed by atoms with Crippen LogP contribution in [0.3, 0.4) is 0 Å². The van der Waals surface area contributed by atoms with Crippen molar-refractivity contribution < 1.29 is 74.1 Å². The number of Topliss-reactive ketones (excluding diaryl/α,β-unsaturated/α-hetero) is 3. The number of aliphatic imine (C=N–C) groups is 1. The molecule has 572 valence electrons. The average Bonchev–Trinajstić information content (AvgIpc) is 1.58. The average molecular weight is 1520 g/mol. The number of methoxy groups -OCH3 is 2. The van der Waals surface area contributed by atoms with E-state index in [9.17, 15) is 55.2 Å². The second-order valence-corrected chi connectivity index (χ2v) is 37.1. The lowest BCUT2D eigenvalue weighted by molar-refractivity contribution is -0.147. The molecule has 10 rings (SSSR count). The molecule has 0 spiro atoms. The maximum absolute atomic E-state index is 14.6. The zero-order valence-electron chi connectivity index (χ0n) is 62.4. The number of likely N-dealkylation sites (tertiary alicyclic amines) is 2. The van der Waals surface area contributed by atoms with Crippen molar-refractivity contribution in [3.05, 3.63) is 86.2 Å². The van der Waals surface area contributed by atoms with Gasteiger partial charge in [-0.25, -0.2) is 36.6 Å². The smallest absolute Gasteiger partial charge is 0.243 e. The number of ether oxygens (including phenoxy) is 4. The molecule has 2 saturated heterocycles. The van der Waals surface area contributed by atoms with Crippen LogP contribution in [0.2, 0.25) is 0 Å². The van der Waals surface area contributed by atoms with E-state index in [1.165, 1.54) is 15.9 Å². The Morgan fingerprint density at radius 1 is 0.644 bits per heavy atom. The normalized spacial score (nSPS) is 23.6. The monoisotopic (exact) mass is 1520 g/mol. The number of nitrogens with zero attached hydrogens (tertiary/aromatic N) is 5. The van der Waals surface area contributed by atoms with Crippen LogP contribution in [-0.2, 0) is 58.0 Å². The predicted octanol–water partition coefficient (Wildman–Crippen LogP) is 9.77. The highest BCUT2D eigenvalue weighted by atomic mass is 35.5. The van der Waals surface area contributed by atoms with E-state index >= 15 is 0 Å². The topological polar surface area (TPSA) is 336 Å². The fourth-order valence-corrected chi connectivity index (χ4v) is 17.3. The van der Waals surface area contributed by atoms with Crippen LogP contribution in [0.5, 0.6) is 23.3 Å². The molecular weight excluding hydrogens is 1420 g/mol. The first-order valence-corrected chi connectivity index (χ1v) is 38.5. The van der Waals surface area contributed by atoms with Crippen LogP contribution in [0.15, 0.2) is 91.2 Å². The molecule has 4 heterocycles. The summed E-state index contributed by atoms with van der Waals surface area (Å²) in [5, 5.41) is 7.88. The van der Waals surface area contributed by atoms with Gasteiger partial charge in [0.1, 0.15) is 64.2 Å². The predicted molar refractivity (Wildman–Crippen MR) is 403 cm³/mol. The standard InChI is InChI=1S/C39H53N3O8S.C32H42N4O7S.C5H9NO.2ClH/c1-9-25-20-39(25,33(44)23-51(47,48)29-11-10-12-29)41-34(45)32-19-28(50-35-30-14-13-27(49-8)17-24(30)15-16-40-35)22-42(32)36(46)31(38(5,6)7)18-26(43)21-37(2,3)4;1-6-20-16-32(20,26(37)18-44(40,41)23-8-7-9-23)35-28(38)25-15-22(17-36(25)30(39)27(33)31(2,3)4)43-29-24-11-10-21(42-5)14-19(24)12-13-34-29;1-5(2,3)6-4-7;;/h9,13-17,25,28-29,31-32H,1,10-12,18-23H2,2-8H3,(H,41,45);6,10-14,20,22-23,25,27H,1,7-9,15-18,33H2,2-5H3,(H,35,38);1-3H3;2*1H/t25-,28-,31-,32+,39-;20-,22-,25+,27-,32-;;;/m11.../s1. The molecule has 4 aromatic rings. The zero-order valence-corrected chi connectivity index (χ0v) is 65.7.